The van der Waals surface area contributed by atoms with Crippen molar-refractivity contribution in [2.24, 2.45) is 11.7 Å². The Morgan fingerprint density at radius 3 is 2.60 bits per heavy atom. The van der Waals surface area contributed by atoms with Gasteiger partial charge in [0.05, 0.1) is 6.04 Å². The van der Waals surface area contributed by atoms with E-state index >= 15 is 0 Å². The Morgan fingerprint density at radius 2 is 2.10 bits per heavy atom. The molecule has 1 aromatic rings. The Bertz CT molecular complexity index is 469. The Labute approximate surface area is 115 Å². The Morgan fingerprint density at radius 1 is 1.45 bits per heavy atom. The molecule has 2 atom stereocenters. The van der Waals surface area contributed by atoms with E-state index in [9.17, 15) is 18.0 Å². The molecule has 20 heavy (non-hydrogen) atoms. The second-order valence-corrected chi connectivity index (χ2v) is 4.42. The molecule has 0 aliphatic carbocycles. The summed E-state index contributed by atoms with van der Waals surface area (Å²) >= 11 is 0. The number of hydrogen-bond acceptors (Lipinski definition) is 3. The highest BCUT2D eigenvalue weighted by atomic mass is 19.3. The molecule has 0 saturated carbocycles. The summed E-state index contributed by atoms with van der Waals surface area (Å²) in [5, 5.41) is 2.43. The van der Waals surface area contributed by atoms with Crippen molar-refractivity contribution in [1.82, 2.24) is 0 Å². The molecular formula is C13H17F3N2O2. The molecule has 1 amide bonds. The van der Waals surface area contributed by atoms with Crippen LogP contribution in [0.5, 0.6) is 5.75 Å². The molecule has 0 bridgehead atoms. The molecule has 1 unspecified atom stereocenters. The lowest BCUT2D eigenvalue weighted by Crippen LogP contribution is -2.40. The summed E-state index contributed by atoms with van der Waals surface area (Å²) in [4.78, 5) is 11.8. The minimum Gasteiger partial charge on any atom is -0.432 e. The fourth-order valence-electron chi connectivity index (χ4n) is 1.51. The zero-order valence-corrected chi connectivity index (χ0v) is 11.2. The van der Waals surface area contributed by atoms with Gasteiger partial charge in [0.25, 0.3) is 0 Å². The van der Waals surface area contributed by atoms with Gasteiger partial charge in [-0.05, 0) is 18.1 Å². The first kappa shape index (κ1) is 16.3. The molecule has 0 spiro atoms. The molecule has 0 aromatic heterocycles. The number of ether oxygens (including phenoxy) is 1. The van der Waals surface area contributed by atoms with Gasteiger partial charge in [-0.1, -0.05) is 20.3 Å². The van der Waals surface area contributed by atoms with E-state index in [2.05, 4.69) is 10.1 Å². The van der Waals surface area contributed by atoms with Gasteiger partial charge < -0.3 is 15.8 Å². The maximum atomic E-state index is 13.4. The van der Waals surface area contributed by atoms with E-state index in [0.717, 1.165) is 18.6 Å². The van der Waals surface area contributed by atoms with E-state index in [1.54, 1.807) is 0 Å². The lowest BCUT2D eigenvalue weighted by Gasteiger charge is -2.18. The van der Waals surface area contributed by atoms with Gasteiger partial charge in [0, 0.05) is 11.8 Å². The summed E-state index contributed by atoms with van der Waals surface area (Å²) in [6, 6.07) is 2.47. The van der Waals surface area contributed by atoms with Gasteiger partial charge in [0.2, 0.25) is 5.91 Å². The summed E-state index contributed by atoms with van der Waals surface area (Å²) in [7, 11) is 0. The highest BCUT2D eigenvalue weighted by Crippen LogP contribution is 2.23. The maximum absolute atomic E-state index is 13.4. The molecule has 0 aliphatic rings. The van der Waals surface area contributed by atoms with E-state index in [1.807, 2.05) is 13.8 Å². The number of carbonyl (C=O) groups is 1. The van der Waals surface area contributed by atoms with E-state index < -0.39 is 30.1 Å². The van der Waals surface area contributed by atoms with E-state index in [4.69, 9.17) is 5.73 Å². The molecular weight excluding hydrogens is 273 g/mol. The number of carbonyl (C=O) groups excluding carboxylic acids is 1. The molecule has 7 heteroatoms. The van der Waals surface area contributed by atoms with Crippen molar-refractivity contribution in [2.75, 3.05) is 5.32 Å². The normalized spacial score (nSPS) is 13.9. The van der Waals surface area contributed by atoms with E-state index in [1.165, 1.54) is 6.07 Å². The molecule has 0 fully saturated rings. The van der Waals surface area contributed by atoms with Gasteiger partial charge in [-0.3, -0.25) is 4.79 Å². The highest BCUT2D eigenvalue weighted by Gasteiger charge is 2.20. The number of anilines is 1. The first-order valence-corrected chi connectivity index (χ1v) is 6.16. The molecule has 0 radical (unpaired) electrons. The van der Waals surface area contributed by atoms with Gasteiger partial charge in [-0.2, -0.15) is 8.78 Å². The Balaban J connectivity index is 2.74. The Kier molecular flexibility index (Phi) is 5.82. The number of hydrogen-bond donors (Lipinski definition) is 2. The largest absolute Gasteiger partial charge is 0.432 e. The fraction of sp³-hybridized carbons (Fsp3) is 0.462. The van der Waals surface area contributed by atoms with Crippen molar-refractivity contribution in [3.63, 3.8) is 0 Å². The third kappa shape index (κ3) is 4.41. The summed E-state index contributed by atoms with van der Waals surface area (Å²) in [6.45, 7) is 0.613. The lowest BCUT2D eigenvalue weighted by molar-refractivity contribution is -0.118. The van der Waals surface area contributed by atoms with E-state index in [0.29, 0.717) is 0 Å². The number of nitrogens with two attached hydrogens (primary N) is 1. The maximum Gasteiger partial charge on any atom is 0.387 e. The zero-order valence-electron chi connectivity index (χ0n) is 11.2. The van der Waals surface area contributed by atoms with Crippen LogP contribution < -0.4 is 15.8 Å². The second kappa shape index (κ2) is 7.14. The van der Waals surface area contributed by atoms with E-state index in [-0.39, 0.29) is 11.6 Å². The van der Waals surface area contributed by atoms with Gasteiger partial charge in [0.1, 0.15) is 0 Å². The van der Waals surface area contributed by atoms with Crippen LogP contribution in [0.25, 0.3) is 0 Å². The first-order valence-electron chi connectivity index (χ1n) is 6.16. The standard InChI is InChI=1S/C13H17F3N2O2/c1-3-7(2)11(17)12(19)18-8-4-5-10(9(14)6-8)20-13(15)16/h4-7,11,13H,3,17H2,1-2H3,(H,18,19)/t7?,11-/m0/s1. The summed E-state index contributed by atoms with van der Waals surface area (Å²) < 4.78 is 41.3. The average molecular weight is 290 g/mol. The number of nitrogens with one attached hydrogen (secondary N) is 1. The molecule has 112 valence electrons. The number of rotatable bonds is 6. The van der Waals surface area contributed by atoms with Crippen molar-refractivity contribution in [3.8, 4) is 5.75 Å². The van der Waals surface area contributed by atoms with Crippen LogP contribution in [0.4, 0.5) is 18.9 Å². The van der Waals surface area contributed by atoms with Crippen LogP contribution in [0.3, 0.4) is 0 Å². The Hall–Kier alpha value is -1.76. The predicted molar refractivity (Wildman–Crippen MR) is 69.1 cm³/mol. The van der Waals surface area contributed by atoms with Gasteiger partial charge >= 0.3 is 6.61 Å². The second-order valence-electron chi connectivity index (χ2n) is 4.42. The van der Waals surface area contributed by atoms with Crippen LogP contribution in [0.15, 0.2) is 18.2 Å². The van der Waals surface area contributed by atoms with Crippen LogP contribution in [-0.2, 0) is 4.79 Å². The van der Waals surface area contributed by atoms with Gasteiger partial charge in [-0.25, -0.2) is 4.39 Å². The van der Waals surface area contributed by atoms with Crippen molar-refractivity contribution < 1.29 is 22.7 Å². The molecule has 0 heterocycles. The summed E-state index contributed by atoms with van der Waals surface area (Å²) in [5.41, 5.74) is 5.86. The topological polar surface area (TPSA) is 64.4 Å². The van der Waals surface area contributed by atoms with Gasteiger partial charge in [-0.15, -0.1) is 0 Å². The van der Waals surface area contributed by atoms with Crippen molar-refractivity contribution >= 4 is 11.6 Å². The molecule has 1 rings (SSSR count). The first-order chi connectivity index (χ1) is 9.35. The summed E-state index contributed by atoms with van der Waals surface area (Å²) in [5.74, 6) is -2.05. The molecule has 4 nitrogen and oxygen atoms in total. The average Bonchev–Trinajstić information content (AvgIpc) is 2.39. The number of halogens is 3. The van der Waals surface area contributed by atoms with Crippen LogP contribution >= 0.6 is 0 Å². The third-order valence-corrected chi connectivity index (χ3v) is 2.98. The molecule has 0 saturated heterocycles. The SMILES string of the molecule is CCC(C)[C@H](N)C(=O)Nc1ccc(OC(F)F)c(F)c1. The molecule has 0 aliphatic heterocycles. The van der Waals surface area contributed by atoms with Crippen molar-refractivity contribution in [3.05, 3.63) is 24.0 Å². The van der Waals surface area contributed by atoms with Crippen molar-refractivity contribution in [2.45, 2.75) is 32.9 Å². The van der Waals surface area contributed by atoms with Crippen LogP contribution in [0.2, 0.25) is 0 Å². The third-order valence-electron chi connectivity index (χ3n) is 2.98. The number of amides is 1. The monoisotopic (exact) mass is 290 g/mol. The molecule has 1 aromatic carbocycles. The summed E-state index contributed by atoms with van der Waals surface area (Å²) in [6.07, 6.45) is 0.726. The zero-order chi connectivity index (χ0) is 15.3. The van der Waals surface area contributed by atoms with Crippen molar-refractivity contribution in [1.29, 1.82) is 0 Å². The minimum atomic E-state index is -3.11. The minimum absolute atomic E-state index is 0.0266. The fourth-order valence-corrected chi connectivity index (χ4v) is 1.51. The molecule has 3 N–H and O–H groups in total. The van der Waals surface area contributed by atoms with Crippen LogP contribution in [-0.4, -0.2) is 18.6 Å². The number of alkyl halides is 2. The van der Waals surface area contributed by atoms with Crippen LogP contribution in [0.1, 0.15) is 20.3 Å². The number of benzene rings is 1. The van der Waals surface area contributed by atoms with Crippen LogP contribution in [0, 0.1) is 11.7 Å². The highest BCUT2D eigenvalue weighted by molar-refractivity contribution is 5.94. The van der Waals surface area contributed by atoms with Gasteiger partial charge in [0.15, 0.2) is 11.6 Å². The lowest BCUT2D eigenvalue weighted by atomic mass is 9.99. The quantitative estimate of drug-likeness (QED) is 0.846. The smallest absolute Gasteiger partial charge is 0.387 e. The predicted octanol–water partition coefficient (Wildman–Crippen LogP) is 2.74.